The van der Waals surface area contributed by atoms with Crippen LogP contribution in [0.5, 0.6) is 5.75 Å². The van der Waals surface area contributed by atoms with Gasteiger partial charge in [-0.3, -0.25) is 4.99 Å². The van der Waals surface area contributed by atoms with E-state index in [-0.39, 0.29) is 23.9 Å². The molecule has 1 fully saturated rings. The van der Waals surface area contributed by atoms with Crippen molar-refractivity contribution < 1.29 is 26.3 Å². The predicted octanol–water partition coefficient (Wildman–Crippen LogP) is 1.89. The number of nitrogens with one attached hydrogen (secondary N) is 1. The lowest BCUT2D eigenvalue weighted by atomic mass is 10.2. The maximum absolute atomic E-state index is 12.2. The third kappa shape index (κ3) is 5.31. The van der Waals surface area contributed by atoms with Crippen molar-refractivity contribution in [2.75, 3.05) is 17.6 Å². The van der Waals surface area contributed by atoms with Gasteiger partial charge in [-0.2, -0.15) is 0 Å². The Kier molecular flexibility index (Phi) is 5.03. The summed E-state index contributed by atoms with van der Waals surface area (Å²) >= 11 is 0. The summed E-state index contributed by atoms with van der Waals surface area (Å²) in [5, 5.41) is 2.05. The number of benzene rings is 1. The molecule has 6 nitrogen and oxygen atoms in total. The zero-order valence-electron chi connectivity index (χ0n) is 12.0. The number of sulfone groups is 1. The number of nitrogens with zero attached hydrogens (tertiary/aromatic N) is 1. The van der Waals surface area contributed by atoms with Crippen LogP contribution in [-0.4, -0.2) is 38.3 Å². The minimum absolute atomic E-state index is 0.0277. The summed E-state index contributed by atoms with van der Waals surface area (Å²) in [6, 6.07) is 5.11. The van der Waals surface area contributed by atoms with Gasteiger partial charge in [0, 0.05) is 11.8 Å². The number of guanidine groups is 1. The maximum Gasteiger partial charge on any atom is 0.573 e. The Morgan fingerprint density at radius 2 is 2.17 bits per heavy atom. The largest absolute Gasteiger partial charge is 0.573 e. The first kappa shape index (κ1) is 17.4. The molecule has 3 N–H and O–H groups in total. The highest BCUT2D eigenvalue weighted by atomic mass is 32.2. The van der Waals surface area contributed by atoms with Crippen molar-refractivity contribution >= 4 is 21.5 Å². The Hall–Kier alpha value is -1.97. The minimum atomic E-state index is -4.78. The van der Waals surface area contributed by atoms with Crippen LogP contribution in [0.2, 0.25) is 0 Å². The normalized spacial score (nSPS) is 21.2. The zero-order valence-corrected chi connectivity index (χ0v) is 12.8. The van der Waals surface area contributed by atoms with Gasteiger partial charge in [-0.15, -0.1) is 13.2 Å². The van der Waals surface area contributed by atoms with Crippen molar-refractivity contribution in [2.45, 2.75) is 24.5 Å². The van der Waals surface area contributed by atoms with Crippen molar-refractivity contribution in [2.24, 2.45) is 10.7 Å². The second-order valence-corrected chi connectivity index (χ2v) is 7.46. The SMILES string of the molecule is NC(=NCC1CCCS1(=O)=O)Nc1cccc(OC(F)(F)F)c1. The number of alkyl halides is 3. The van der Waals surface area contributed by atoms with Crippen molar-refractivity contribution in [3.63, 3.8) is 0 Å². The minimum Gasteiger partial charge on any atom is -0.406 e. The predicted molar refractivity (Wildman–Crippen MR) is 80.0 cm³/mol. The molecule has 1 unspecified atom stereocenters. The number of ether oxygens (including phenoxy) is 1. The van der Waals surface area contributed by atoms with E-state index in [1.165, 1.54) is 12.1 Å². The lowest BCUT2D eigenvalue weighted by molar-refractivity contribution is -0.274. The van der Waals surface area contributed by atoms with Crippen LogP contribution in [0, 0.1) is 0 Å². The monoisotopic (exact) mass is 351 g/mol. The summed E-state index contributed by atoms with van der Waals surface area (Å²) in [6.45, 7) is 0.0277. The number of hydrogen-bond acceptors (Lipinski definition) is 4. The van der Waals surface area contributed by atoms with Crippen LogP contribution < -0.4 is 15.8 Å². The average Bonchev–Trinajstić information content (AvgIpc) is 2.73. The van der Waals surface area contributed by atoms with E-state index in [0.29, 0.717) is 12.8 Å². The van der Waals surface area contributed by atoms with E-state index in [0.717, 1.165) is 12.1 Å². The van der Waals surface area contributed by atoms with Crippen molar-refractivity contribution in [1.82, 2.24) is 0 Å². The second-order valence-electron chi connectivity index (χ2n) is 5.06. The lowest BCUT2D eigenvalue weighted by Crippen LogP contribution is -2.26. The quantitative estimate of drug-likeness (QED) is 0.638. The number of nitrogens with two attached hydrogens (primary N) is 1. The van der Waals surface area contributed by atoms with Gasteiger partial charge in [-0.05, 0) is 25.0 Å². The van der Waals surface area contributed by atoms with E-state index in [9.17, 15) is 21.6 Å². The molecule has 128 valence electrons. The molecule has 1 heterocycles. The molecule has 1 saturated heterocycles. The number of rotatable bonds is 4. The molecule has 0 spiro atoms. The second kappa shape index (κ2) is 6.65. The van der Waals surface area contributed by atoms with Gasteiger partial charge in [0.1, 0.15) is 5.75 Å². The number of anilines is 1. The first-order valence-corrected chi connectivity index (χ1v) is 8.51. The fraction of sp³-hybridized carbons (Fsp3) is 0.462. The lowest BCUT2D eigenvalue weighted by Gasteiger charge is -2.11. The molecule has 1 atom stereocenters. The molecule has 0 bridgehead atoms. The van der Waals surface area contributed by atoms with Gasteiger partial charge >= 0.3 is 6.36 Å². The van der Waals surface area contributed by atoms with Crippen LogP contribution in [0.25, 0.3) is 0 Å². The van der Waals surface area contributed by atoms with Crippen LogP contribution in [-0.2, 0) is 9.84 Å². The Morgan fingerprint density at radius 3 is 2.78 bits per heavy atom. The van der Waals surface area contributed by atoms with Crippen LogP contribution in [0.4, 0.5) is 18.9 Å². The van der Waals surface area contributed by atoms with Gasteiger partial charge in [-0.25, -0.2) is 8.42 Å². The average molecular weight is 351 g/mol. The van der Waals surface area contributed by atoms with Crippen LogP contribution in [0.1, 0.15) is 12.8 Å². The molecule has 0 aromatic heterocycles. The summed E-state index contributed by atoms with van der Waals surface area (Å²) in [5.41, 5.74) is 5.88. The smallest absolute Gasteiger partial charge is 0.406 e. The van der Waals surface area contributed by atoms with E-state index >= 15 is 0 Å². The van der Waals surface area contributed by atoms with Gasteiger partial charge in [-0.1, -0.05) is 6.07 Å². The topological polar surface area (TPSA) is 93.8 Å². The van der Waals surface area contributed by atoms with E-state index in [2.05, 4.69) is 15.0 Å². The zero-order chi connectivity index (χ0) is 17.1. The van der Waals surface area contributed by atoms with Gasteiger partial charge < -0.3 is 15.8 Å². The highest BCUT2D eigenvalue weighted by Crippen LogP contribution is 2.25. The molecule has 0 saturated carbocycles. The van der Waals surface area contributed by atoms with E-state index in [1.54, 1.807) is 0 Å². The van der Waals surface area contributed by atoms with Gasteiger partial charge in [0.05, 0.1) is 17.5 Å². The Balaban J connectivity index is 1.98. The van der Waals surface area contributed by atoms with Crippen LogP contribution in [0.15, 0.2) is 29.3 Å². The molecule has 1 aliphatic rings. The molecule has 1 aliphatic heterocycles. The first-order chi connectivity index (χ1) is 10.7. The van der Waals surface area contributed by atoms with E-state index < -0.39 is 27.2 Å². The number of hydrogen-bond donors (Lipinski definition) is 2. The van der Waals surface area contributed by atoms with Gasteiger partial charge in [0.2, 0.25) is 0 Å². The molecular formula is C13H16F3N3O3S. The van der Waals surface area contributed by atoms with Crippen molar-refractivity contribution in [3.8, 4) is 5.75 Å². The molecule has 0 amide bonds. The molecule has 10 heteroatoms. The third-order valence-electron chi connectivity index (χ3n) is 3.27. The Morgan fingerprint density at radius 1 is 1.43 bits per heavy atom. The number of aliphatic imine (C=N–C) groups is 1. The summed E-state index contributed by atoms with van der Waals surface area (Å²) in [5.74, 6) is -0.318. The van der Waals surface area contributed by atoms with Crippen molar-refractivity contribution in [1.29, 1.82) is 0 Å². The summed E-state index contributed by atoms with van der Waals surface area (Å²) < 4.78 is 63.6. The van der Waals surface area contributed by atoms with Crippen LogP contribution >= 0.6 is 0 Å². The molecular weight excluding hydrogens is 335 g/mol. The van der Waals surface area contributed by atoms with Crippen LogP contribution in [0.3, 0.4) is 0 Å². The third-order valence-corrected chi connectivity index (χ3v) is 5.53. The fourth-order valence-electron chi connectivity index (χ4n) is 2.22. The maximum atomic E-state index is 12.2. The Labute approximate surface area is 131 Å². The molecule has 0 aliphatic carbocycles. The van der Waals surface area contributed by atoms with E-state index in [4.69, 9.17) is 5.73 Å². The molecule has 1 aromatic carbocycles. The summed E-state index contributed by atoms with van der Waals surface area (Å²) in [7, 11) is -3.12. The van der Waals surface area contributed by atoms with Gasteiger partial charge in [0.15, 0.2) is 15.8 Å². The highest BCUT2D eigenvalue weighted by molar-refractivity contribution is 7.92. The molecule has 2 rings (SSSR count). The fourth-order valence-corrected chi connectivity index (χ4v) is 3.95. The number of halogens is 3. The van der Waals surface area contributed by atoms with Crippen molar-refractivity contribution in [3.05, 3.63) is 24.3 Å². The molecule has 0 radical (unpaired) electrons. The van der Waals surface area contributed by atoms with Gasteiger partial charge in [0.25, 0.3) is 0 Å². The van der Waals surface area contributed by atoms with E-state index in [1.807, 2.05) is 0 Å². The Bertz CT molecular complexity index is 689. The molecule has 1 aromatic rings. The highest BCUT2D eigenvalue weighted by Gasteiger charge is 2.31. The molecule has 23 heavy (non-hydrogen) atoms. The summed E-state index contributed by atoms with van der Waals surface area (Å²) in [4.78, 5) is 3.94. The first-order valence-electron chi connectivity index (χ1n) is 6.80. The standard InChI is InChI=1S/C13H16F3N3O3S/c14-13(15,16)22-10-4-1-3-9(7-10)19-12(17)18-8-11-5-2-6-23(11,20)21/h1,3-4,7,11H,2,5-6,8H2,(H3,17,18,19). The summed E-state index contributed by atoms with van der Waals surface area (Å²) in [6.07, 6.45) is -3.64.